The minimum Gasteiger partial charge on any atom is -0.497 e. The van der Waals surface area contributed by atoms with Gasteiger partial charge in [0.1, 0.15) is 11.9 Å². The zero-order chi connectivity index (χ0) is 14.5. The summed E-state index contributed by atoms with van der Waals surface area (Å²) in [5.41, 5.74) is 1.06. The number of hydrogen-bond acceptors (Lipinski definition) is 4. The molecule has 0 aliphatic carbocycles. The Hall–Kier alpha value is -1.59. The first-order valence-electron chi connectivity index (χ1n) is 6.90. The van der Waals surface area contributed by atoms with Crippen molar-refractivity contribution in [2.24, 2.45) is 0 Å². The van der Waals surface area contributed by atoms with Crippen LogP contribution in [0.4, 0.5) is 0 Å². The van der Waals surface area contributed by atoms with E-state index in [1.165, 1.54) is 0 Å². The summed E-state index contributed by atoms with van der Waals surface area (Å²) in [4.78, 5) is 13.8. The predicted octanol–water partition coefficient (Wildman–Crippen LogP) is 1.55. The molecule has 1 fully saturated rings. The molecule has 5 nitrogen and oxygen atoms in total. The predicted molar refractivity (Wildman–Crippen MR) is 76.5 cm³/mol. The summed E-state index contributed by atoms with van der Waals surface area (Å²) >= 11 is 0. The first-order valence-corrected chi connectivity index (χ1v) is 6.90. The van der Waals surface area contributed by atoms with E-state index in [0.29, 0.717) is 19.7 Å². The van der Waals surface area contributed by atoms with Crippen LogP contribution in [0.25, 0.3) is 0 Å². The van der Waals surface area contributed by atoms with E-state index < -0.39 is 0 Å². The molecule has 1 atom stereocenters. The van der Waals surface area contributed by atoms with Crippen molar-refractivity contribution in [1.82, 2.24) is 10.2 Å². The third kappa shape index (κ3) is 3.49. The minimum atomic E-state index is -0.0795. The molecule has 2 rings (SSSR count). The summed E-state index contributed by atoms with van der Waals surface area (Å²) in [6, 6.07) is 7.77. The van der Waals surface area contributed by atoms with Crippen molar-refractivity contribution in [1.29, 1.82) is 0 Å². The van der Waals surface area contributed by atoms with Crippen LogP contribution in [0.5, 0.6) is 5.75 Å². The van der Waals surface area contributed by atoms with Gasteiger partial charge in [-0.3, -0.25) is 10.1 Å². The maximum atomic E-state index is 11.9. The van der Waals surface area contributed by atoms with Crippen LogP contribution < -0.4 is 10.1 Å². The number of nitrogens with one attached hydrogen (secondary N) is 1. The van der Waals surface area contributed by atoms with Gasteiger partial charge in [0, 0.05) is 6.54 Å². The maximum Gasteiger partial charge on any atom is 0.238 e. The Bertz CT molecular complexity index is 445. The molecule has 110 valence electrons. The Morgan fingerprint density at radius 1 is 1.35 bits per heavy atom. The fourth-order valence-electron chi connectivity index (χ4n) is 2.26. The molecule has 1 saturated heterocycles. The zero-order valence-electron chi connectivity index (χ0n) is 12.3. The number of ether oxygens (including phenoxy) is 2. The minimum absolute atomic E-state index is 0.0795. The molecule has 1 aliphatic rings. The summed E-state index contributed by atoms with van der Waals surface area (Å²) in [6.45, 7) is 5.51. The lowest BCUT2D eigenvalue weighted by Crippen LogP contribution is -2.33. The second kappa shape index (κ2) is 6.72. The molecule has 1 aromatic carbocycles. The third-order valence-corrected chi connectivity index (χ3v) is 3.29. The van der Waals surface area contributed by atoms with Gasteiger partial charge in [0.15, 0.2) is 0 Å². The Labute approximate surface area is 119 Å². The highest BCUT2D eigenvalue weighted by Crippen LogP contribution is 2.24. The first kappa shape index (κ1) is 14.8. The van der Waals surface area contributed by atoms with Gasteiger partial charge < -0.3 is 14.4 Å². The second-order valence-corrected chi connectivity index (χ2v) is 5.06. The zero-order valence-corrected chi connectivity index (χ0v) is 12.3. The molecule has 0 radical (unpaired) electrons. The van der Waals surface area contributed by atoms with Gasteiger partial charge in [-0.25, -0.2) is 0 Å². The van der Waals surface area contributed by atoms with Crippen molar-refractivity contribution in [2.75, 3.05) is 26.8 Å². The van der Waals surface area contributed by atoms with Gasteiger partial charge in [0.25, 0.3) is 0 Å². The molecular weight excluding hydrogens is 256 g/mol. The monoisotopic (exact) mass is 278 g/mol. The lowest BCUT2D eigenvalue weighted by Gasteiger charge is -2.25. The number of benzene rings is 1. The summed E-state index contributed by atoms with van der Waals surface area (Å²) < 4.78 is 10.7. The van der Waals surface area contributed by atoms with Crippen LogP contribution in [0.15, 0.2) is 24.3 Å². The number of hydrogen-bond donors (Lipinski definition) is 1. The van der Waals surface area contributed by atoms with E-state index in [9.17, 15) is 4.79 Å². The molecule has 0 saturated carbocycles. The molecule has 0 spiro atoms. The van der Waals surface area contributed by atoms with Gasteiger partial charge in [-0.15, -0.1) is 0 Å². The number of nitrogens with zero attached hydrogens (tertiary/aromatic N) is 1. The highest BCUT2D eigenvalue weighted by atomic mass is 16.5. The van der Waals surface area contributed by atoms with Crippen LogP contribution in [0.2, 0.25) is 0 Å². The third-order valence-electron chi connectivity index (χ3n) is 3.29. The molecule has 1 amide bonds. The lowest BCUT2D eigenvalue weighted by molar-refractivity contribution is -0.129. The van der Waals surface area contributed by atoms with Crippen LogP contribution in [0.1, 0.15) is 25.6 Å². The van der Waals surface area contributed by atoms with Gasteiger partial charge in [-0.1, -0.05) is 12.1 Å². The molecule has 1 unspecified atom stereocenters. The molecule has 1 heterocycles. The summed E-state index contributed by atoms with van der Waals surface area (Å²) in [6.07, 6.45) is 0.101. The van der Waals surface area contributed by atoms with E-state index in [4.69, 9.17) is 9.47 Å². The standard InChI is InChI=1S/C15H22N2O3/c1-11(2)20-9-8-17-14(18)10-16-15(17)12-4-6-13(19-3)7-5-12/h4-7,11,15-16H,8-10H2,1-3H3. The Balaban J connectivity index is 2.02. The molecule has 5 heteroatoms. The van der Waals surface area contributed by atoms with Crippen LogP contribution in [-0.2, 0) is 9.53 Å². The van der Waals surface area contributed by atoms with Crippen molar-refractivity contribution in [3.63, 3.8) is 0 Å². The van der Waals surface area contributed by atoms with Crippen molar-refractivity contribution in [3.8, 4) is 5.75 Å². The van der Waals surface area contributed by atoms with Crippen molar-refractivity contribution in [3.05, 3.63) is 29.8 Å². The van der Waals surface area contributed by atoms with Crippen molar-refractivity contribution >= 4 is 5.91 Å². The number of amides is 1. The van der Waals surface area contributed by atoms with E-state index >= 15 is 0 Å². The molecular formula is C15H22N2O3. The van der Waals surface area contributed by atoms with Gasteiger partial charge in [-0.2, -0.15) is 0 Å². The summed E-state index contributed by atoms with van der Waals surface area (Å²) in [5.74, 6) is 0.922. The maximum absolute atomic E-state index is 11.9. The number of carbonyl (C=O) groups excluding carboxylic acids is 1. The Morgan fingerprint density at radius 3 is 2.65 bits per heavy atom. The van der Waals surface area contributed by atoms with E-state index in [2.05, 4.69) is 5.32 Å². The lowest BCUT2D eigenvalue weighted by atomic mass is 10.1. The molecule has 0 bridgehead atoms. The molecule has 1 aliphatic heterocycles. The second-order valence-electron chi connectivity index (χ2n) is 5.06. The number of rotatable bonds is 6. The SMILES string of the molecule is COc1ccc(C2NCC(=O)N2CCOC(C)C)cc1. The average molecular weight is 278 g/mol. The highest BCUT2D eigenvalue weighted by molar-refractivity contribution is 5.80. The van der Waals surface area contributed by atoms with E-state index in [1.54, 1.807) is 7.11 Å². The molecule has 20 heavy (non-hydrogen) atoms. The topological polar surface area (TPSA) is 50.8 Å². The van der Waals surface area contributed by atoms with Gasteiger partial charge >= 0.3 is 0 Å². The summed E-state index contributed by atoms with van der Waals surface area (Å²) in [7, 11) is 1.64. The van der Waals surface area contributed by atoms with Crippen molar-refractivity contribution in [2.45, 2.75) is 26.1 Å². The van der Waals surface area contributed by atoms with Gasteiger partial charge in [0.2, 0.25) is 5.91 Å². The fraction of sp³-hybridized carbons (Fsp3) is 0.533. The van der Waals surface area contributed by atoms with Crippen LogP contribution in [0, 0.1) is 0 Å². The molecule has 0 aromatic heterocycles. The van der Waals surface area contributed by atoms with Crippen molar-refractivity contribution < 1.29 is 14.3 Å². The first-order chi connectivity index (χ1) is 9.61. The fourth-order valence-corrected chi connectivity index (χ4v) is 2.26. The van der Waals surface area contributed by atoms with E-state index in [0.717, 1.165) is 11.3 Å². The molecule has 1 aromatic rings. The van der Waals surface area contributed by atoms with E-state index in [-0.39, 0.29) is 18.2 Å². The average Bonchev–Trinajstić information content (AvgIpc) is 2.80. The Kier molecular flexibility index (Phi) is 4.98. The quantitative estimate of drug-likeness (QED) is 0.858. The van der Waals surface area contributed by atoms with E-state index in [1.807, 2.05) is 43.0 Å². The van der Waals surface area contributed by atoms with Gasteiger partial charge in [0.05, 0.1) is 26.4 Å². The van der Waals surface area contributed by atoms with Crippen LogP contribution >= 0.6 is 0 Å². The normalized spacial score (nSPS) is 18.9. The number of methoxy groups -OCH3 is 1. The highest BCUT2D eigenvalue weighted by Gasteiger charge is 2.31. The Morgan fingerprint density at radius 2 is 2.05 bits per heavy atom. The van der Waals surface area contributed by atoms with Crippen LogP contribution in [0.3, 0.4) is 0 Å². The smallest absolute Gasteiger partial charge is 0.238 e. The molecule has 1 N–H and O–H groups in total. The van der Waals surface area contributed by atoms with Crippen LogP contribution in [-0.4, -0.2) is 43.7 Å². The largest absolute Gasteiger partial charge is 0.497 e. The number of carbonyl (C=O) groups is 1. The summed E-state index contributed by atoms with van der Waals surface area (Å²) in [5, 5.41) is 3.23. The van der Waals surface area contributed by atoms with Gasteiger partial charge in [-0.05, 0) is 31.5 Å².